The maximum atomic E-state index is 13.0. The highest BCUT2D eigenvalue weighted by Gasteiger charge is 2.04. The summed E-state index contributed by atoms with van der Waals surface area (Å²) in [5.41, 5.74) is 0.807. The summed E-state index contributed by atoms with van der Waals surface area (Å²) in [7, 11) is 1.61. The second-order valence-electron chi connectivity index (χ2n) is 2.76. The van der Waals surface area contributed by atoms with Crippen LogP contribution < -0.4 is 0 Å². The molecule has 1 aromatic carbocycles. The fraction of sp³-hybridized carbons (Fsp3) is 0.400. The van der Waals surface area contributed by atoms with Gasteiger partial charge in [0.1, 0.15) is 5.82 Å². The van der Waals surface area contributed by atoms with Crippen molar-refractivity contribution in [3.05, 3.63) is 34.1 Å². The minimum Gasteiger partial charge on any atom is -0.382 e. The van der Waals surface area contributed by atoms with E-state index in [1.807, 2.05) is 6.07 Å². The van der Waals surface area contributed by atoms with E-state index in [9.17, 15) is 4.39 Å². The Morgan fingerprint density at radius 3 is 2.86 bits per heavy atom. The summed E-state index contributed by atoms with van der Waals surface area (Å²) < 4.78 is 23.6. The lowest BCUT2D eigenvalue weighted by Gasteiger charge is -2.06. The molecule has 78 valence electrons. The van der Waals surface area contributed by atoms with E-state index < -0.39 is 0 Å². The van der Waals surface area contributed by atoms with Gasteiger partial charge in [0.2, 0.25) is 0 Å². The van der Waals surface area contributed by atoms with E-state index in [0.29, 0.717) is 24.3 Å². The lowest BCUT2D eigenvalue weighted by atomic mass is 10.2. The van der Waals surface area contributed by atoms with Gasteiger partial charge in [-0.2, -0.15) is 0 Å². The van der Waals surface area contributed by atoms with Crippen molar-refractivity contribution in [2.75, 3.05) is 20.3 Å². The van der Waals surface area contributed by atoms with E-state index >= 15 is 0 Å². The third-order valence-electron chi connectivity index (χ3n) is 1.72. The first-order valence-electron chi connectivity index (χ1n) is 4.25. The number of hydrogen-bond donors (Lipinski definition) is 0. The highest BCUT2D eigenvalue weighted by atomic mass is 79.9. The van der Waals surface area contributed by atoms with Crippen LogP contribution in [0.15, 0.2) is 22.7 Å². The zero-order valence-electron chi connectivity index (χ0n) is 7.93. The molecule has 0 N–H and O–H groups in total. The molecule has 0 heterocycles. The Morgan fingerprint density at radius 2 is 2.14 bits per heavy atom. The average molecular weight is 263 g/mol. The van der Waals surface area contributed by atoms with Gasteiger partial charge in [-0.05, 0) is 27.6 Å². The van der Waals surface area contributed by atoms with Gasteiger partial charge < -0.3 is 9.47 Å². The van der Waals surface area contributed by atoms with Crippen LogP contribution in [0.3, 0.4) is 0 Å². The first kappa shape index (κ1) is 11.6. The zero-order chi connectivity index (χ0) is 10.4. The Morgan fingerprint density at radius 1 is 1.36 bits per heavy atom. The van der Waals surface area contributed by atoms with Crippen molar-refractivity contribution in [2.24, 2.45) is 0 Å². The molecule has 0 unspecified atom stereocenters. The molecule has 0 saturated heterocycles. The third kappa shape index (κ3) is 3.36. The summed E-state index contributed by atoms with van der Waals surface area (Å²) in [6.45, 7) is 1.45. The Kier molecular flexibility index (Phi) is 5.07. The number of halogens is 2. The molecule has 0 aromatic heterocycles. The molecule has 0 atom stereocenters. The van der Waals surface area contributed by atoms with Crippen LogP contribution in [0, 0.1) is 5.82 Å². The Hall–Kier alpha value is -0.450. The first-order valence-corrected chi connectivity index (χ1v) is 5.04. The predicted molar refractivity (Wildman–Crippen MR) is 55.6 cm³/mol. The van der Waals surface area contributed by atoms with Gasteiger partial charge in [-0.25, -0.2) is 4.39 Å². The minimum atomic E-state index is -0.266. The van der Waals surface area contributed by atoms with Crippen LogP contribution in [-0.2, 0) is 16.1 Å². The first-order chi connectivity index (χ1) is 6.75. The molecule has 1 aromatic rings. The highest BCUT2D eigenvalue weighted by Crippen LogP contribution is 2.20. The number of benzene rings is 1. The van der Waals surface area contributed by atoms with Gasteiger partial charge in [-0.15, -0.1) is 0 Å². The van der Waals surface area contributed by atoms with Gasteiger partial charge in [0, 0.05) is 7.11 Å². The summed E-state index contributed by atoms with van der Waals surface area (Å²) in [5.74, 6) is -0.266. The minimum absolute atomic E-state index is 0.266. The standard InChI is InChI=1S/C10H12BrFO2/c1-13-5-6-14-7-8-3-2-4-9(12)10(8)11/h2-4H,5-7H2,1H3. The van der Waals surface area contributed by atoms with E-state index in [-0.39, 0.29) is 5.82 Å². The lowest BCUT2D eigenvalue weighted by Crippen LogP contribution is -2.02. The highest BCUT2D eigenvalue weighted by molar-refractivity contribution is 9.10. The molecule has 2 nitrogen and oxygen atoms in total. The number of rotatable bonds is 5. The molecular weight excluding hydrogens is 251 g/mol. The molecule has 0 bridgehead atoms. The molecule has 0 saturated carbocycles. The molecule has 1 rings (SSSR count). The molecule has 0 spiro atoms. The molecule has 0 fully saturated rings. The largest absolute Gasteiger partial charge is 0.382 e. The Bertz CT molecular complexity index is 291. The fourth-order valence-corrected chi connectivity index (χ4v) is 1.36. The second kappa shape index (κ2) is 6.11. The number of methoxy groups -OCH3 is 1. The molecule has 0 amide bonds. The molecule has 4 heteroatoms. The van der Waals surface area contributed by atoms with Crippen molar-refractivity contribution in [2.45, 2.75) is 6.61 Å². The van der Waals surface area contributed by atoms with Crippen molar-refractivity contribution < 1.29 is 13.9 Å². The maximum Gasteiger partial charge on any atom is 0.137 e. The zero-order valence-corrected chi connectivity index (χ0v) is 9.51. The van der Waals surface area contributed by atoms with Crippen LogP contribution >= 0.6 is 15.9 Å². The molecule has 0 aliphatic heterocycles. The van der Waals surface area contributed by atoms with Gasteiger partial charge in [0.25, 0.3) is 0 Å². The molecular formula is C10H12BrFO2. The normalized spacial score (nSPS) is 10.5. The molecule has 0 radical (unpaired) electrons. The third-order valence-corrected chi connectivity index (χ3v) is 2.61. The summed E-state index contributed by atoms with van der Waals surface area (Å²) in [5, 5.41) is 0. The van der Waals surface area contributed by atoms with Crippen molar-refractivity contribution in [1.29, 1.82) is 0 Å². The summed E-state index contributed by atoms with van der Waals surface area (Å²) in [6.07, 6.45) is 0. The van der Waals surface area contributed by atoms with E-state index in [1.165, 1.54) is 6.07 Å². The van der Waals surface area contributed by atoms with Crippen LogP contribution in [0.1, 0.15) is 5.56 Å². The van der Waals surface area contributed by atoms with E-state index in [1.54, 1.807) is 13.2 Å². The molecule has 0 aliphatic carbocycles. The summed E-state index contributed by atoms with van der Waals surface area (Å²) >= 11 is 3.16. The number of ether oxygens (including phenoxy) is 2. The second-order valence-corrected chi connectivity index (χ2v) is 3.55. The monoisotopic (exact) mass is 262 g/mol. The fourth-order valence-electron chi connectivity index (χ4n) is 0.984. The maximum absolute atomic E-state index is 13.0. The SMILES string of the molecule is COCCOCc1cccc(F)c1Br. The van der Waals surface area contributed by atoms with Gasteiger partial charge >= 0.3 is 0 Å². The van der Waals surface area contributed by atoms with Crippen LogP contribution in [0.5, 0.6) is 0 Å². The van der Waals surface area contributed by atoms with E-state index in [4.69, 9.17) is 9.47 Å². The van der Waals surface area contributed by atoms with Gasteiger partial charge in [0.15, 0.2) is 0 Å². The van der Waals surface area contributed by atoms with Crippen LogP contribution in [0.25, 0.3) is 0 Å². The quantitative estimate of drug-likeness (QED) is 0.760. The predicted octanol–water partition coefficient (Wildman–Crippen LogP) is 2.75. The average Bonchev–Trinajstić information content (AvgIpc) is 2.19. The molecule has 14 heavy (non-hydrogen) atoms. The number of hydrogen-bond acceptors (Lipinski definition) is 2. The lowest BCUT2D eigenvalue weighted by molar-refractivity contribution is 0.0613. The Labute approximate surface area is 91.2 Å². The molecule has 0 aliphatic rings. The smallest absolute Gasteiger partial charge is 0.137 e. The van der Waals surface area contributed by atoms with Gasteiger partial charge in [-0.1, -0.05) is 12.1 Å². The summed E-state index contributed by atoms with van der Waals surface area (Å²) in [4.78, 5) is 0. The van der Waals surface area contributed by atoms with Crippen molar-refractivity contribution in [1.82, 2.24) is 0 Å². The van der Waals surface area contributed by atoms with Crippen LogP contribution in [-0.4, -0.2) is 20.3 Å². The van der Waals surface area contributed by atoms with Crippen molar-refractivity contribution in [3.8, 4) is 0 Å². The van der Waals surface area contributed by atoms with Crippen molar-refractivity contribution in [3.63, 3.8) is 0 Å². The van der Waals surface area contributed by atoms with E-state index in [2.05, 4.69) is 15.9 Å². The van der Waals surface area contributed by atoms with Crippen molar-refractivity contribution >= 4 is 15.9 Å². The van der Waals surface area contributed by atoms with Gasteiger partial charge in [-0.3, -0.25) is 0 Å². The van der Waals surface area contributed by atoms with E-state index in [0.717, 1.165) is 5.56 Å². The van der Waals surface area contributed by atoms with Gasteiger partial charge in [0.05, 0.1) is 24.3 Å². The van der Waals surface area contributed by atoms with Crippen LogP contribution in [0.4, 0.5) is 4.39 Å². The van der Waals surface area contributed by atoms with Crippen LogP contribution in [0.2, 0.25) is 0 Å². The topological polar surface area (TPSA) is 18.5 Å². The summed E-state index contributed by atoms with van der Waals surface area (Å²) in [6, 6.07) is 4.89. The Balaban J connectivity index is 2.46.